The molecule has 98 valence electrons. The van der Waals surface area contributed by atoms with E-state index in [4.69, 9.17) is 0 Å². The van der Waals surface area contributed by atoms with Gasteiger partial charge in [0.25, 0.3) is 0 Å². The zero-order chi connectivity index (χ0) is 13.8. The molecule has 0 fully saturated rings. The number of halogens is 3. The zero-order valence-corrected chi connectivity index (χ0v) is 11.9. The van der Waals surface area contributed by atoms with Gasteiger partial charge in [-0.2, -0.15) is 0 Å². The number of anilines is 1. The summed E-state index contributed by atoms with van der Waals surface area (Å²) < 4.78 is 27.0. The second-order valence-corrected chi connectivity index (χ2v) is 5.10. The molecule has 19 heavy (non-hydrogen) atoms. The molecule has 1 N–H and O–H groups in total. The molecule has 0 unspecified atom stereocenters. The van der Waals surface area contributed by atoms with Crippen LogP contribution in [0.2, 0.25) is 0 Å². The Bertz CT molecular complexity index is 616. The van der Waals surface area contributed by atoms with Gasteiger partial charge in [-0.25, -0.2) is 8.78 Å². The number of nitrogens with one attached hydrogen (secondary N) is 1. The average molecular weight is 373 g/mol. The van der Waals surface area contributed by atoms with Crippen molar-refractivity contribution < 1.29 is 13.6 Å². The molecule has 0 bridgehead atoms. The Balaban J connectivity index is 2.08. The molecule has 5 heteroatoms. The van der Waals surface area contributed by atoms with Crippen LogP contribution in [0.1, 0.15) is 5.56 Å². The van der Waals surface area contributed by atoms with Crippen molar-refractivity contribution in [3.63, 3.8) is 0 Å². The van der Waals surface area contributed by atoms with E-state index in [9.17, 15) is 13.6 Å². The van der Waals surface area contributed by atoms with Crippen LogP contribution < -0.4 is 5.32 Å². The lowest BCUT2D eigenvalue weighted by atomic mass is 10.1. The Kier molecular flexibility index (Phi) is 4.47. The SMILES string of the molecule is O=C(Cc1ccc(F)cc1F)Nc1ccccc1I. The molecule has 2 rings (SSSR count). The fourth-order valence-corrected chi connectivity index (χ4v) is 2.12. The van der Waals surface area contributed by atoms with E-state index in [2.05, 4.69) is 27.9 Å². The summed E-state index contributed by atoms with van der Waals surface area (Å²) in [7, 11) is 0. The average Bonchev–Trinajstić information content (AvgIpc) is 2.36. The monoisotopic (exact) mass is 373 g/mol. The fourth-order valence-electron chi connectivity index (χ4n) is 1.60. The van der Waals surface area contributed by atoms with Crippen LogP contribution in [0.15, 0.2) is 42.5 Å². The summed E-state index contributed by atoms with van der Waals surface area (Å²) in [5, 5.41) is 2.69. The van der Waals surface area contributed by atoms with Crippen LogP contribution in [0, 0.1) is 15.2 Å². The van der Waals surface area contributed by atoms with Gasteiger partial charge in [0.1, 0.15) is 11.6 Å². The van der Waals surface area contributed by atoms with Gasteiger partial charge < -0.3 is 5.32 Å². The first kappa shape index (κ1) is 13.9. The van der Waals surface area contributed by atoms with E-state index in [1.165, 1.54) is 6.07 Å². The number of carbonyl (C=O) groups excluding carboxylic acids is 1. The number of carbonyl (C=O) groups is 1. The highest BCUT2D eigenvalue weighted by molar-refractivity contribution is 14.1. The van der Waals surface area contributed by atoms with Crippen LogP contribution in [-0.2, 0) is 11.2 Å². The van der Waals surface area contributed by atoms with E-state index in [1.807, 2.05) is 12.1 Å². The summed E-state index contributed by atoms with van der Waals surface area (Å²) in [5.41, 5.74) is 0.848. The van der Waals surface area contributed by atoms with Crippen molar-refractivity contribution in [2.24, 2.45) is 0 Å². The summed E-state index contributed by atoms with van der Waals surface area (Å²) in [6.45, 7) is 0. The van der Waals surface area contributed by atoms with Crippen LogP contribution >= 0.6 is 22.6 Å². The highest BCUT2D eigenvalue weighted by Gasteiger charge is 2.10. The minimum Gasteiger partial charge on any atom is -0.325 e. The van der Waals surface area contributed by atoms with Gasteiger partial charge in [-0.3, -0.25) is 4.79 Å². The molecular weight excluding hydrogens is 363 g/mol. The molecule has 0 radical (unpaired) electrons. The quantitative estimate of drug-likeness (QED) is 0.816. The molecule has 0 atom stereocenters. The Morgan fingerprint density at radius 3 is 2.58 bits per heavy atom. The van der Waals surface area contributed by atoms with Gasteiger partial charge in [-0.05, 0) is 46.4 Å². The minimum atomic E-state index is -0.710. The fraction of sp³-hybridized carbons (Fsp3) is 0.0714. The maximum atomic E-state index is 13.4. The predicted molar refractivity (Wildman–Crippen MR) is 77.9 cm³/mol. The zero-order valence-electron chi connectivity index (χ0n) is 9.79. The van der Waals surface area contributed by atoms with Crippen molar-refractivity contribution in [1.29, 1.82) is 0 Å². The van der Waals surface area contributed by atoms with Crippen molar-refractivity contribution in [2.45, 2.75) is 6.42 Å². The third kappa shape index (κ3) is 3.73. The Morgan fingerprint density at radius 1 is 1.16 bits per heavy atom. The first-order valence-corrected chi connectivity index (χ1v) is 6.62. The lowest BCUT2D eigenvalue weighted by molar-refractivity contribution is -0.115. The molecule has 2 aromatic rings. The lowest BCUT2D eigenvalue weighted by Gasteiger charge is -2.07. The number of hydrogen-bond donors (Lipinski definition) is 1. The maximum Gasteiger partial charge on any atom is 0.228 e. The first-order chi connectivity index (χ1) is 9.06. The summed E-state index contributed by atoms with van der Waals surface area (Å²) in [5.74, 6) is -1.70. The van der Waals surface area contributed by atoms with E-state index in [1.54, 1.807) is 12.1 Å². The van der Waals surface area contributed by atoms with Gasteiger partial charge in [-0.1, -0.05) is 18.2 Å². The summed E-state index contributed by atoms with van der Waals surface area (Å²) in [4.78, 5) is 11.8. The van der Waals surface area contributed by atoms with Crippen molar-refractivity contribution in [3.8, 4) is 0 Å². The highest BCUT2D eigenvalue weighted by Crippen LogP contribution is 2.17. The Hall–Kier alpha value is -1.50. The van der Waals surface area contributed by atoms with Gasteiger partial charge in [0, 0.05) is 9.64 Å². The van der Waals surface area contributed by atoms with E-state index >= 15 is 0 Å². The molecule has 2 nitrogen and oxygen atoms in total. The number of hydrogen-bond acceptors (Lipinski definition) is 1. The standard InChI is InChI=1S/C14H10F2INO/c15-10-6-5-9(11(16)8-10)7-14(19)18-13-4-2-1-3-12(13)17/h1-6,8H,7H2,(H,18,19). The summed E-state index contributed by atoms with van der Waals surface area (Å²) >= 11 is 2.10. The highest BCUT2D eigenvalue weighted by atomic mass is 127. The molecule has 0 heterocycles. The second-order valence-electron chi connectivity index (χ2n) is 3.94. The molecule has 0 aliphatic rings. The van der Waals surface area contributed by atoms with Crippen LogP contribution in [0.4, 0.5) is 14.5 Å². The van der Waals surface area contributed by atoms with E-state index in [-0.39, 0.29) is 17.9 Å². The largest absolute Gasteiger partial charge is 0.325 e. The molecule has 0 aliphatic heterocycles. The van der Waals surface area contributed by atoms with Crippen molar-refractivity contribution >= 4 is 34.2 Å². The van der Waals surface area contributed by atoms with Gasteiger partial charge in [0.05, 0.1) is 12.1 Å². The molecule has 0 aliphatic carbocycles. The van der Waals surface area contributed by atoms with Crippen molar-refractivity contribution in [3.05, 3.63) is 63.2 Å². The van der Waals surface area contributed by atoms with Gasteiger partial charge >= 0.3 is 0 Å². The smallest absolute Gasteiger partial charge is 0.228 e. The topological polar surface area (TPSA) is 29.1 Å². The predicted octanol–water partition coefficient (Wildman–Crippen LogP) is 3.75. The van der Waals surface area contributed by atoms with Gasteiger partial charge in [0.2, 0.25) is 5.91 Å². The Labute approximate surface area is 123 Å². The lowest BCUT2D eigenvalue weighted by Crippen LogP contribution is -2.16. The molecule has 2 aromatic carbocycles. The van der Waals surface area contributed by atoms with Gasteiger partial charge in [0.15, 0.2) is 0 Å². The van der Waals surface area contributed by atoms with Crippen molar-refractivity contribution in [1.82, 2.24) is 0 Å². The summed E-state index contributed by atoms with van der Waals surface area (Å²) in [6.07, 6.45) is -0.128. The third-order valence-corrected chi connectivity index (χ3v) is 3.45. The third-order valence-electron chi connectivity index (χ3n) is 2.51. The molecule has 0 aromatic heterocycles. The molecular formula is C14H10F2INO. The molecule has 1 amide bonds. The van der Waals surface area contributed by atoms with Crippen LogP contribution in [-0.4, -0.2) is 5.91 Å². The molecule has 0 spiro atoms. The van der Waals surface area contributed by atoms with Crippen molar-refractivity contribution in [2.75, 3.05) is 5.32 Å². The number of para-hydroxylation sites is 1. The van der Waals surface area contributed by atoms with E-state index in [0.29, 0.717) is 5.69 Å². The Morgan fingerprint density at radius 2 is 1.89 bits per heavy atom. The van der Waals surface area contributed by atoms with E-state index in [0.717, 1.165) is 15.7 Å². The van der Waals surface area contributed by atoms with Crippen LogP contribution in [0.25, 0.3) is 0 Å². The molecule has 0 saturated carbocycles. The van der Waals surface area contributed by atoms with Crippen LogP contribution in [0.5, 0.6) is 0 Å². The summed E-state index contributed by atoms with van der Waals surface area (Å²) in [6, 6.07) is 10.5. The first-order valence-electron chi connectivity index (χ1n) is 5.54. The maximum absolute atomic E-state index is 13.4. The normalized spacial score (nSPS) is 10.3. The number of amides is 1. The van der Waals surface area contributed by atoms with E-state index < -0.39 is 11.6 Å². The molecule has 0 saturated heterocycles. The van der Waals surface area contributed by atoms with Gasteiger partial charge in [-0.15, -0.1) is 0 Å². The number of rotatable bonds is 3. The van der Waals surface area contributed by atoms with Crippen LogP contribution in [0.3, 0.4) is 0 Å². The number of benzene rings is 2. The second kappa shape index (κ2) is 6.10. The minimum absolute atomic E-state index is 0.128.